The van der Waals surface area contributed by atoms with E-state index in [1.807, 2.05) is 20.8 Å². The Morgan fingerprint density at radius 1 is 1.24 bits per heavy atom. The molecule has 0 saturated carbocycles. The molecule has 12 heteroatoms. The van der Waals surface area contributed by atoms with Crippen molar-refractivity contribution in [3.63, 3.8) is 0 Å². The fourth-order valence-corrected chi connectivity index (χ4v) is 2.99. The standard InChI is InChI=1S/C21H28N6O5S/c1-6-9-23-20(29)15-8-7-14(10-17(15)32-33(5,30)31)26-21-24-11-16(18(22)28)19(27-21)25-13(4)12(2)3/h6-8,10-13H,1,9H2,2-5H3,(H2,22,28)(H,23,29)(H2,24,25,26,27). The third-order valence-electron chi connectivity index (χ3n) is 4.55. The van der Waals surface area contributed by atoms with Gasteiger partial charge in [-0.15, -0.1) is 6.58 Å². The first-order valence-corrected chi connectivity index (χ1v) is 11.9. The molecule has 5 N–H and O–H groups in total. The third-order valence-corrected chi connectivity index (χ3v) is 5.03. The Balaban J connectivity index is 2.41. The molecule has 1 heterocycles. The van der Waals surface area contributed by atoms with Crippen LogP contribution >= 0.6 is 0 Å². The normalized spacial score (nSPS) is 12.0. The molecule has 178 valence electrons. The highest BCUT2D eigenvalue weighted by molar-refractivity contribution is 7.86. The van der Waals surface area contributed by atoms with E-state index in [0.29, 0.717) is 5.69 Å². The lowest BCUT2D eigenvalue weighted by molar-refractivity contribution is 0.0955. The summed E-state index contributed by atoms with van der Waals surface area (Å²) in [4.78, 5) is 32.5. The quantitative estimate of drug-likeness (QED) is 0.280. The van der Waals surface area contributed by atoms with Gasteiger partial charge >= 0.3 is 10.1 Å². The Bertz CT molecular complexity index is 1150. The van der Waals surface area contributed by atoms with E-state index < -0.39 is 21.9 Å². The number of benzene rings is 1. The van der Waals surface area contributed by atoms with Crippen molar-refractivity contribution in [3.05, 3.63) is 48.2 Å². The fraction of sp³-hybridized carbons (Fsp3) is 0.333. The van der Waals surface area contributed by atoms with Gasteiger partial charge in [0, 0.05) is 30.5 Å². The van der Waals surface area contributed by atoms with Crippen LogP contribution in [-0.4, -0.2) is 49.0 Å². The zero-order valence-electron chi connectivity index (χ0n) is 18.9. The van der Waals surface area contributed by atoms with E-state index in [1.54, 1.807) is 0 Å². The topological polar surface area (TPSA) is 165 Å². The van der Waals surface area contributed by atoms with Crippen LogP contribution in [0.2, 0.25) is 0 Å². The number of carbonyl (C=O) groups excluding carboxylic acids is 2. The maximum absolute atomic E-state index is 12.4. The van der Waals surface area contributed by atoms with Crippen molar-refractivity contribution in [2.45, 2.75) is 26.8 Å². The molecular weight excluding hydrogens is 448 g/mol. The molecular formula is C21H28N6O5S. The highest BCUT2D eigenvalue weighted by Crippen LogP contribution is 2.27. The summed E-state index contributed by atoms with van der Waals surface area (Å²) in [5.74, 6) is -0.755. The second kappa shape index (κ2) is 10.8. The Labute approximate surface area is 193 Å². The van der Waals surface area contributed by atoms with Crippen LogP contribution in [0.3, 0.4) is 0 Å². The van der Waals surface area contributed by atoms with Gasteiger partial charge in [-0.2, -0.15) is 13.4 Å². The number of aromatic nitrogens is 2. The first kappa shape index (κ1) is 25.6. The predicted octanol–water partition coefficient (Wildman–Crippen LogP) is 2.03. The Hall–Kier alpha value is -3.67. The highest BCUT2D eigenvalue weighted by Gasteiger charge is 2.19. The van der Waals surface area contributed by atoms with E-state index in [0.717, 1.165) is 6.26 Å². The van der Waals surface area contributed by atoms with Crippen molar-refractivity contribution < 1.29 is 22.2 Å². The van der Waals surface area contributed by atoms with Gasteiger partial charge in [0.15, 0.2) is 5.75 Å². The van der Waals surface area contributed by atoms with Gasteiger partial charge in [-0.3, -0.25) is 9.59 Å². The third kappa shape index (κ3) is 7.45. The van der Waals surface area contributed by atoms with E-state index in [2.05, 4.69) is 32.5 Å². The molecule has 1 aromatic carbocycles. The van der Waals surface area contributed by atoms with Gasteiger partial charge in [0.2, 0.25) is 5.95 Å². The molecule has 11 nitrogen and oxygen atoms in total. The molecule has 2 aromatic rings. The minimum absolute atomic E-state index is 0.00558. The van der Waals surface area contributed by atoms with Crippen LogP contribution in [0.15, 0.2) is 37.1 Å². The predicted molar refractivity (Wildman–Crippen MR) is 126 cm³/mol. The van der Waals surface area contributed by atoms with Crippen LogP contribution in [0, 0.1) is 5.92 Å². The molecule has 2 rings (SSSR count). The highest BCUT2D eigenvalue weighted by atomic mass is 32.2. The molecule has 0 saturated heterocycles. The lowest BCUT2D eigenvalue weighted by Gasteiger charge is -2.20. The number of hydrogen-bond acceptors (Lipinski definition) is 9. The second-order valence-electron chi connectivity index (χ2n) is 7.62. The number of carbonyl (C=O) groups is 2. The molecule has 2 amide bonds. The number of hydrogen-bond donors (Lipinski definition) is 4. The number of primary amides is 1. The van der Waals surface area contributed by atoms with Crippen LogP contribution < -0.4 is 25.9 Å². The van der Waals surface area contributed by atoms with Crippen LogP contribution in [0.5, 0.6) is 5.75 Å². The van der Waals surface area contributed by atoms with E-state index in [4.69, 9.17) is 9.92 Å². The van der Waals surface area contributed by atoms with Crippen molar-refractivity contribution in [2.24, 2.45) is 11.7 Å². The van der Waals surface area contributed by atoms with Gasteiger partial charge in [-0.05, 0) is 25.0 Å². The summed E-state index contributed by atoms with van der Waals surface area (Å²) in [6.45, 7) is 9.68. The summed E-state index contributed by atoms with van der Waals surface area (Å²) in [6, 6.07) is 4.26. The summed E-state index contributed by atoms with van der Waals surface area (Å²) in [6.07, 6.45) is 3.65. The van der Waals surface area contributed by atoms with Crippen molar-refractivity contribution >= 4 is 39.4 Å². The molecule has 0 aliphatic carbocycles. The number of nitrogens with two attached hydrogens (primary N) is 1. The van der Waals surface area contributed by atoms with Gasteiger partial charge < -0.3 is 25.9 Å². The summed E-state index contributed by atoms with van der Waals surface area (Å²) < 4.78 is 28.4. The molecule has 0 aliphatic heterocycles. The van der Waals surface area contributed by atoms with Crippen LogP contribution in [0.25, 0.3) is 0 Å². The van der Waals surface area contributed by atoms with Gasteiger partial charge in [0.1, 0.15) is 5.82 Å². The Morgan fingerprint density at radius 2 is 1.94 bits per heavy atom. The van der Waals surface area contributed by atoms with E-state index in [1.165, 1.54) is 30.5 Å². The SMILES string of the molecule is C=CCNC(=O)c1ccc(Nc2ncc(C(N)=O)c(NC(C)C(C)C)n2)cc1OS(C)(=O)=O. The monoisotopic (exact) mass is 476 g/mol. The Kier molecular flexibility index (Phi) is 8.35. The van der Waals surface area contributed by atoms with Crippen molar-refractivity contribution in [1.29, 1.82) is 0 Å². The molecule has 0 spiro atoms. The smallest absolute Gasteiger partial charge is 0.306 e. The lowest BCUT2D eigenvalue weighted by atomic mass is 10.1. The molecule has 0 aliphatic rings. The first-order chi connectivity index (χ1) is 15.4. The molecule has 0 fully saturated rings. The van der Waals surface area contributed by atoms with Gasteiger partial charge in [0.25, 0.3) is 11.8 Å². The number of anilines is 3. The molecule has 1 aromatic heterocycles. The van der Waals surface area contributed by atoms with Crippen molar-refractivity contribution in [3.8, 4) is 5.75 Å². The number of rotatable bonds is 11. The maximum Gasteiger partial charge on any atom is 0.306 e. The minimum Gasteiger partial charge on any atom is -0.382 e. The fourth-order valence-electron chi connectivity index (χ4n) is 2.52. The average Bonchev–Trinajstić information content (AvgIpc) is 2.70. The zero-order chi connectivity index (χ0) is 24.8. The zero-order valence-corrected chi connectivity index (χ0v) is 19.7. The first-order valence-electron chi connectivity index (χ1n) is 10.0. The number of nitrogens with one attached hydrogen (secondary N) is 3. The van der Waals surface area contributed by atoms with E-state index in [9.17, 15) is 18.0 Å². The Morgan fingerprint density at radius 3 is 2.52 bits per heavy atom. The molecule has 0 radical (unpaired) electrons. The van der Waals surface area contributed by atoms with Crippen molar-refractivity contribution in [1.82, 2.24) is 15.3 Å². The summed E-state index contributed by atoms with van der Waals surface area (Å²) in [5.41, 5.74) is 5.93. The summed E-state index contributed by atoms with van der Waals surface area (Å²) >= 11 is 0. The minimum atomic E-state index is -3.91. The van der Waals surface area contributed by atoms with Crippen LogP contribution in [-0.2, 0) is 10.1 Å². The number of nitrogens with zero attached hydrogens (tertiary/aromatic N) is 2. The second-order valence-corrected chi connectivity index (χ2v) is 9.19. The maximum atomic E-state index is 12.4. The van der Waals surface area contributed by atoms with E-state index >= 15 is 0 Å². The van der Waals surface area contributed by atoms with Crippen LogP contribution in [0.1, 0.15) is 41.5 Å². The largest absolute Gasteiger partial charge is 0.382 e. The van der Waals surface area contributed by atoms with Gasteiger partial charge in [0.05, 0.1) is 17.4 Å². The molecule has 33 heavy (non-hydrogen) atoms. The van der Waals surface area contributed by atoms with Gasteiger partial charge in [-0.1, -0.05) is 19.9 Å². The lowest BCUT2D eigenvalue weighted by Crippen LogP contribution is -2.25. The summed E-state index contributed by atoms with van der Waals surface area (Å²) in [5, 5.41) is 8.62. The number of amides is 2. The van der Waals surface area contributed by atoms with Crippen LogP contribution in [0.4, 0.5) is 17.5 Å². The average molecular weight is 477 g/mol. The molecule has 1 unspecified atom stereocenters. The molecule has 0 bridgehead atoms. The van der Waals surface area contributed by atoms with Crippen molar-refractivity contribution in [2.75, 3.05) is 23.4 Å². The van der Waals surface area contributed by atoms with Gasteiger partial charge in [-0.25, -0.2) is 4.98 Å². The van der Waals surface area contributed by atoms with E-state index in [-0.39, 0.29) is 47.1 Å². The molecule has 1 atom stereocenters. The summed E-state index contributed by atoms with van der Waals surface area (Å²) in [7, 11) is -3.91.